The Hall–Kier alpha value is -2.70. The molecule has 0 aromatic carbocycles. The molecule has 3 aromatic heterocycles. The molecule has 0 N–H and O–H groups in total. The summed E-state index contributed by atoms with van der Waals surface area (Å²) in [6.07, 6.45) is 5.28. The summed E-state index contributed by atoms with van der Waals surface area (Å²) in [6.45, 7) is 3.68. The lowest BCUT2D eigenvalue weighted by Gasteiger charge is -2.02. The smallest absolute Gasteiger partial charge is 0.258 e. The molecule has 1 atom stereocenters. The molecule has 110 valence electrons. The van der Waals surface area contributed by atoms with Crippen molar-refractivity contribution in [2.24, 2.45) is 5.11 Å². The molecule has 0 radical (unpaired) electrons. The summed E-state index contributed by atoms with van der Waals surface area (Å²) in [5, 5.41) is 3.59. The summed E-state index contributed by atoms with van der Waals surface area (Å²) >= 11 is 1.42. The van der Waals surface area contributed by atoms with E-state index in [1.165, 1.54) is 21.8 Å². The molecule has 0 saturated carbocycles. The number of nitrogens with zero attached hydrogens (tertiary/aromatic N) is 6. The fraction of sp³-hybridized carbons (Fsp3) is 0.214. The SMILES string of the molecule is Cc1cnccc1-c1cn2c(=O)cc(C(C)N=[N+]=[N-])nc2s1. The van der Waals surface area contributed by atoms with E-state index in [1.807, 2.05) is 13.0 Å². The van der Waals surface area contributed by atoms with Gasteiger partial charge in [-0.15, -0.1) is 0 Å². The van der Waals surface area contributed by atoms with Gasteiger partial charge in [0.15, 0.2) is 4.96 Å². The number of hydrogen-bond donors (Lipinski definition) is 0. The van der Waals surface area contributed by atoms with Crippen LogP contribution in [0.2, 0.25) is 0 Å². The Morgan fingerprint density at radius 2 is 2.32 bits per heavy atom. The molecule has 3 rings (SSSR count). The maximum Gasteiger partial charge on any atom is 0.258 e. The second-order valence-electron chi connectivity index (χ2n) is 4.84. The molecule has 0 fully saturated rings. The van der Waals surface area contributed by atoms with Gasteiger partial charge >= 0.3 is 0 Å². The molecule has 0 aliphatic carbocycles. The standard InChI is InChI=1S/C14H12N6OS/c1-8-6-16-4-3-10(8)12-7-20-13(21)5-11(9(2)18-19-15)17-14(20)22-12/h3-7,9H,1-2H3. The van der Waals surface area contributed by atoms with Gasteiger partial charge in [-0.25, -0.2) is 4.98 Å². The third-order valence-electron chi connectivity index (χ3n) is 3.33. The summed E-state index contributed by atoms with van der Waals surface area (Å²) < 4.78 is 1.51. The van der Waals surface area contributed by atoms with E-state index in [0.717, 1.165) is 16.0 Å². The number of pyridine rings is 1. The van der Waals surface area contributed by atoms with Crippen molar-refractivity contribution in [2.45, 2.75) is 19.9 Å². The van der Waals surface area contributed by atoms with Gasteiger partial charge in [-0.1, -0.05) is 23.4 Å². The first kappa shape index (κ1) is 14.2. The van der Waals surface area contributed by atoms with Gasteiger partial charge in [0.1, 0.15) is 0 Å². The van der Waals surface area contributed by atoms with E-state index in [-0.39, 0.29) is 5.56 Å². The first-order valence-electron chi connectivity index (χ1n) is 6.58. The quantitative estimate of drug-likeness (QED) is 0.420. The van der Waals surface area contributed by atoms with Crippen molar-refractivity contribution in [3.63, 3.8) is 0 Å². The third-order valence-corrected chi connectivity index (χ3v) is 4.34. The zero-order valence-electron chi connectivity index (χ0n) is 12.0. The summed E-state index contributed by atoms with van der Waals surface area (Å²) in [7, 11) is 0. The van der Waals surface area contributed by atoms with Gasteiger partial charge in [-0.05, 0) is 29.6 Å². The number of fused-ring (bicyclic) bond motifs is 1. The molecule has 0 spiro atoms. The maximum atomic E-state index is 12.2. The van der Waals surface area contributed by atoms with Crippen LogP contribution in [0.4, 0.5) is 0 Å². The number of aromatic nitrogens is 3. The van der Waals surface area contributed by atoms with Crippen LogP contribution in [0.1, 0.15) is 24.2 Å². The molecule has 0 bridgehead atoms. The highest BCUT2D eigenvalue weighted by molar-refractivity contribution is 7.20. The number of aryl methyl sites for hydroxylation is 1. The summed E-state index contributed by atoms with van der Waals surface area (Å²) in [4.78, 5) is 25.0. The zero-order chi connectivity index (χ0) is 15.7. The molecule has 0 amide bonds. The Morgan fingerprint density at radius 3 is 3.05 bits per heavy atom. The molecule has 0 aliphatic rings. The topological polar surface area (TPSA) is 96.0 Å². The minimum Gasteiger partial charge on any atom is -0.269 e. The minimum absolute atomic E-state index is 0.186. The molecule has 8 heteroatoms. The Labute approximate surface area is 129 Å². The van der Waals surface area contributed by atoms with E-state index >= 15 is 0 Å². The van der Waals surface area contributed by atoms with Crippen molar-refractivity contribution in [2.75, 3.05) is 0 Å². The van der Waals surface area contributed by atoms with Gasteiger partial charge < -0.3 is 0 Å². The van der Waals surface area contributed by atoms with Crippen molar-refractivity contribution in [1.82, 2.24) is 14.4 Å². The van der Waals surface area contributed by atoms with Gasteiger partial charge in [0, 0.05) is 29.6 Å². The second kappa shape index (κ2) is 5.59. The van der Waals surface area contributed by atoms with Crippen LogP contribution >= 0.6 is 11.3 Å². The molecular weight excluding hydrogens is 300 g/mol. The van der Waals surface area contributed by atoms with Crippen LogP contribution in [0.25, 0.3) is 25.8 Å². The van der Waals surface area contributed by atoms with E-state index in [2.05, 4.69) is 20.0 Å². The van der Waals surface area contributed by atoms with E-state index in [0.29, 0.717) is 10.7 Å². The fourth-order valence-electron chi connectivity index (χ4n) is 2.14. The lowest BCUT2D eigenvalue weighted by molar-refractivity contribution is 0.768. The molecule has 0 aliphatic heterocycles. The van der Waals surface area contributed by atoms with Gasteiger partial charge in [0.05, 0.1) is 16.6 Å². The van der Waals surface area contributed by atoms with Crippen LogP contribution in [0.3, 0.4) is 0 Å². The monoisotopic (exact) mass is 312 g/mol. The lowest BCUT2D eigenvalue weighted by atomic mass is 10.1. The van der Waals surface area contributed by atoms with Crippen LogP contribution in [-0.4, -0.2) is 14.4 Å². The Morgan fingerprint density at radius 1 is 1.50 bits per heavy atom. The molecule has 22 heavy (non-hydrogen) atoms. The Kier molecular flexibility index (Phi) is 3.62. The molecule has 3 heterocycles. The van der Waals surface area contributed by atoms with E-state index in [4.69, 9.17) is 5.53 Å². The highest BCUT2D eigenvalue weighted by atomic mass is 32.1. The van der Waals surface area contributed by atoms with Gasteiger partial charge in [0.2, 0.25) is 0 Å². The average molecular weight is 312 g/mol. The van der Waals surface area contributed by atoms with E-state index in [1.54, 1.807) is 25.5 Å². The third kappa shape index (κ3) is 2.45. The molecule has 1 unspecified atom stereocenters. The van der Waals surface area contributed by atoms with Gasteiger partial charge in [0.25, 0.3) is 5.56 Å². The zero-order valence-corrected chi connectivity index (χ0v) is 12.8. The van der Waals surface area contributed by atoms with Crippen molar-refractivity contribution >= 4 is 16.3 Å². The van der Waals surface area contributed by atoms with Crippen molar-refractivity contribution < 1.29 is 0 Å². The average Bonchev–Trinajstić information content (AvgIpc) is 2.92. The molecule has 0 saturated heterocycles. The largest absolute Gasteiger partial charge is 0.269 e. The predicted molar refractivity (Wildman–Crippen MR) is 84.9 cm³/mol. The second-order valence-corrected chi connectivity index (χ2v) is 5.85. The van der Waals surface area contributed by atoms with Crippen LogP contribution in [-0.2, 0) is 0 Å². The highest BCUT2D eigenvalue weighted by Gasteiger charge is 2.12. The highest BCUT2D eigenvalue weighted by Crippen LogP contribution is 2.29. The molecule has 7 nitrogen and oxygen atoms in total. The van der Waals surface area contributed by atoms with Gasteiger partial charge in [-0.2, -0.15) is 0 Å². The van der Waals surface area contributed by atoms with Crippen molar-refractivity contribution in [3.05, 3.63) is 62.8 Å². The maximum absolute atomic E-state index is 12.2. The van der Waals surface area contributed by atoms with Crippen molar-refractivity contribution in [1.29, 1.82) is 0 Å². The summed E-state index contributed by atoms with van der Waals surface area (Å²) in [6, 6.07) is 2.84. The van der Waals surface area contributed by atoms with Crippen LogP contribution in [0, 0.1) is 6.92 Å². The van der Waals surface area contributed by atoms with Crippen LogP contribution < -0.4 is 5.56 Å². The number of hydrogen-bond acceptors (Lipinski definition) is 5. The van der Waals surface area contributed by atoms with E-state index < -0.39 is 6.04 Å². The Balaban J connectivity index is 2.18. The summed E-state index contributed by atoms with van der Waals surface area (Å²) in [5.74, 6) is 0. The van der Waals surface area contributed by atoms with Gasteiger partial charge in [-0.3, -0.25) is 14.2 Å². The Bertz CT molecular complexity index is 953. The summed E-state index contributed by atoms with van der Waals surface area (Å²) in [5.41, 5.74) is 10.9. The lowest BCUT2D eigenvalue weighted by Crippen LogP contribution is -2.13. The van der Waals surface area contributed by atoms with Crippen LogP contribution in [0.5, 0.6) is 0 Å². The molecule has 3 aromatic rings. The van der Waals surface area contributed by atoms with Crippen molar-refractivity contribution in [3.8, 4) is 10.4 Å². The van der Waals surface area contributed by atoms with E-state index in [9.17, 15) is 4.79 Å². The first-order valence-corrected chi connectivity index (χ1v) is 7.40. The molecular formula is C14H12N6OS. The predicted octanol–water partition coefficient (Wildman–Crippen LogP) is 3.50. The fourth-order valence-corrected chi connectivity index (χ4v) is 3.23. The minimum atomic E-state index is -0.476. The van der Waals surface area contributed by atoms with Crippen LogP contribution in [0.15, 0.2) is 40.6 Å². The number of azide groups is 1. The normalized spacial score (nSPS) is 12.1. The number of thiazole rings is 1. The first-order chi connectivity index (χ1) is 10.6. The number of rotatable bonds is 3.